The molecule has 110 valence electrons. The molecule has 2 rings (SSSR count). The number of carbonyl (C=O) groups excluding carboxylic acids is 1. The number of hydrogen-bond acceptors (Lipinski definition) is 4. The number of aryl methyl sites for hydroxylation is 1. The van der Waals surface area contributed by atoms with Crippen LogP contribution in [0.3, 0.4) is 0 Å². The first-order valence-electron chi connectivity index (χ1n) is 6.20. The van der Waals surface area contributed by atoms with E-state index in [0.29, 0.717) is 11.4 Å². The molecule has 4 nitrogen and oxygen atoms in total. The maximum Gasteiger partial charge on any atom is 0.272 e. The molecule has 0 bridgehead atoms. The topological polar surface area (TPSA) is 50.4 Å². The Morgan fingerprint density at radius 2 is 2.40 bits per heavy atom. The van der Waals surface area contributed by atoms with Gasteiger partial charge in [-0.25, -0.2) is 8.78 Å². The van der Waals surface area contributed by atoms with Gasteiger partial charge in [-0.3, -0.25) is 10.1 Å². The molecular formula is C13H16F2N2O2S. The van der Waals surface area contributed by atoms with Crippen molar-refractivity contribution in [3.8, 4) is 5.75 Å². The van der Waals surface area contributed by atoms with Crippen LogP contribution in [0.15, 0.2) is 18.2 Å². The third-order valence-electron chi connectivity index (χ3n) is 2.85. The number of ether oxygens (including phenoxy) is 1. The summed E-state index contributed by atoms with van der Waals surface area (Å²) in [5, 5.41) is 5.82. The molecule has 0 saturated carbocycles. The summed E-state index contributed by atoms with van der Waals surface area (Å²) in [4.78, 5) is 11.9. The number of nitrogens with one attached hydrogen (secondary N) is 2. The van der Waals surface area contributed by atoms with Gasteiger partial charge in [-0.1, -0.05) is 6.07 Å². The molecule has 1 aliphatic rings. The smallest absolute Gasteiger partial charge is 0.272 e. The Kier molecular flexibility index (Phi) is 5.19. The van der Waals surface area contributed by atoms with Crippen LogP contribution < -0.4 is 15.4 Å². The van der Waals surface area contributed by atoms with E-state index < -0.39 is 13.0 Å². The molecule has 1 fully saturated rings. The van der Waals surface area contributed by atoms with E-state index in [-0.39, 0.29) is 11.9 Å². The van der Waals surface area contributed by atoms with Crippen molar-refractivity contribution in [1.82, 2.24) is 5.32 Å². The molecule has 7 heteroatoms. The molecule has 1 saturated heterocycles. The maximum atomic E-state index is 12.2. The summed E-state index contributed by atoms with van der Waals surface area (Å²) in [6.45, 7) is 1.11. The third kappa shape index (κ3) is 4.08. The van der Waals surface area contributed by atoms with Gasteiger partial charge in [0.25, 0.3) is 6.43 Å². The average molecular weight is 302 g/mol. The first-order valence-corrected chi connectivity index (χ1v) is 7.35. The van der Waals surface area contributed by atoms with E-state index in [9.17, 15) is 13.6 Å². The third-order valence-corrected chi connectivity index (χ3v) is 3.79. The monoisotopic (exact) mass is 302 g/mol. The van der Waals surface area contributed by atoms with Crippen molar-refractivity contribution in [3.05, 3.63) is 23.8 Å². The summed E-state index contributed by atoms with van der Waals surface area (Å²) in [7, 11) is 0. The van der Waals surface area contributed by atoms with Gasteiger partial charge in [0.1, 0.15) is 12.4 Å². The van der Waals surface area contributed by atoms with Crippen LogP contribution in [-0.2, 0) is 4.79 Å². The number of benzene rings is 1. The van der Waals surface area contributed by atoms with Crippen molar-refractivity contribution >= 4 is 23.4 Å². The number of thioether (sulfide) groups is 1. The fourth-order valence-corrected chi connectivity index (χ4v) is 2.72. The van der Waals surface area contributed by atoms with Gasteiger partial charge in [0, 0.05) is 23.4 Å². The molecule has 1 amide bonds. The highest BCUT2D eigenvalue weighted by Gasteiger charge is 2.22. The normalized spacial score (nSPS) is 18.3. The number of anilines is 1. The Balaban J connectivity index is 2.00. The molecule has 0 spiro atoms. The lowest BCUT2D eigenvalue weighted by atomic mass is 10.2. The zero-order valence-corrected chi connectivity index (χ0v) is 11.8. The zero-order chi connectivity index (χ0) is 14.5. The van der Waals surface area contributed by atoms with Gasteiger partial charge in [0.2, 0.25) is 5.91 Å². The van der Waals surface area contributed by atoms with Crippen molar-refractivity contribution in [2.75, 3.05) is 23.6 Å². The summed E-state index contributed by atoms with van der Waals surface area (Å²) in [6.07, 6.45) is -2.52. The largest absolute Gasteiger partial charge is 0.487 e. The number of rotatable bonds is 5. The second-order valence-corrected chi connectivity index (χ2v) is 5.47. The van der Waals surface area contributed by atoms with Gasteiger partial charge in [-0.2, -0.15) is 0 Å². The Morgan fingerprint density at radius 3 is 3.05 bits per heavy atom. The summed E-state index contributed by atoms with van der Waals surface area (Å²) < 4.78 is 29.3. The molecular weight excluding hydrogens is 286 g/mol. The van der Waals surface area contributed by atoms with Crippen molar-refractivity contribution in [2.24, 2.45) is 0 Å². The second kappa shape index (κ2) is 6.90. The van der Waals surface area contributed by atoms with E-state index in [4.69, 9.17) is 4.74 Å². The fraction of sp³-hybridized carbons (Fsp3) is 0.462. The van der Waals surface area contributed by atoms with Crippen molar-refractivity contribution < 1.29 is 18.3 Å². The SMILES string of the molecule is Cc1ccc(NC(=O)C2CSCN2)cc1OCC(F)F. The van der Waals surface area contributed by atoms with Crippen LogP contribution in [0.5, 0.6) is 5.75 Å². The van der Waals surface area contributed by atoms with Crippen molar-refractivity contribution in [1.29, 1.82) is 0 Å². The molecule has 1 atom stereocenters. The lowest BCUT2D eigenvalue weighted by Crippen LogP contribution is -2.37. The first-order chi connectivity index (χ1) is 9.56. The van der Waals surface area contributed by atoms with Gasteiger partial charge in [0.15, 0.2) is 0 Å². The van der Waals surface area contributed by atoms with Gasteiger partial charge in [-0.05, 0) is 18.6 Å². The van der Waals surface area contributed by atoms with Crippen LogP contribution in [0.4, 0.5) is 14.5 Å². The van der Waals surface area contributed by atoms with E-state index in [1.54, 1.807) is 36.9 Å². The molecule has 0 aliphatic carbocycles. The van der Waals surface area contributed by atoms with Crippen LogP contribution in [0.1, 0.15) is 5.56 Å². The minimum Gasteiger partial charge on any atom is -0.487 e. The molecule has 0 radical (unpaired) electrons. The number of halogens is 2. The fourth-order valence-electron chi connectivity index (χ4n) is 1.78. The summed E-state index contributed by atoms with van der Waals surface area (Å²) in [5.41, 5.74) is 1.29. The van der Waals surface area contributed by atoms with Crippen LogP contribution in [-0.4, -0.2) is 36.6 Å². The highest BCUT2D eigenvalue weighted by atomic mass is 32.2. The average Bonchev–Trinajstić information content (AvgIpc) is 2.93. The quantitative estimate of drug-likeness (QED) is 0.876. The predicted octanol–water partition coefficient (Wildman–Crippen LogP) is 2.24. The van der Waals surface area contributed by atoms with Crippen molar-refractivity contribution in [3.63, 3.8) is 0 Å². The van der Waals surface area contributed by atoms with E-state index >= 15 is 0 Å². The highest BCUT2D eigenvalue weighted by molar-refractivity contribution is 7.99. The van der Waals surface area contributed by atoms with Gasteiger partial charge in [-0.15, -0.1) is 11.8 Å². The van der Waals surface area contributed by atoms with Crippen LogP contribution in [0.25, 0.3) is 0 Å². The van der Waals surface area contributed by atoms with Crippen LogP contribution in [0.2, 0.25) is 0 Å². The lowest BCUT2D eigenvalue weighted by molar-refractivity contribution is -0.117. The lowest BCUT2D eigenvalue weighted by Gasteiger charge is -2.13. The molecule has 0 aromatic heterocycles. The molecule has 1 aromatic rings. The second-order valence-electron chi connectivity index (χ2n) is 4.44. The number of alkyl halides is 2. The molecule has 20 heavy (non-hydrogen) atoms. The number of amides is 1. The molecule has 2 N–H and O–H groups in total. The standard InChI is InChI=1S/C13H16F2N2O2S/c1-8-2-3-9(4-11(8)19-5-12(14)15)17-13(18)10-6-20-7-16-10/h2-4,10,12,16H,5-7H2,1H3,(H,17,18). The summed E-state index contributed by atoms with van der Waals surface area (Å²) in [5.74, 6) is 1.72. The minimum atomic E-state index is -2.52. The summed E-state index contributed by atoms with van der Waals surface area (Å²) >= 11 is 1.66. The van der Waals surface area contributed by atoms with Crippen molar-refractivity contribution in [2.45, 2.75) is 19.4 Å². The minimum absolute atomic E-state index is 0.126. The van der Waals surface area contributed by atoms with Gasteiger partial charge < -0.3 is 10.1 Å². The van der Waals surface area contributed by atoms with E-state index in [1.165, 1.54) is 0 Å². The number of carbonyl (C=O) groups is 1. The van der Waals surface area contributed by atoms with E-state index in [2.05, 4.69) is 10.6 Å². The van der Waals surface area contributed by atoms with Gasteiger partial charge in [0.05, 0.1) is 6.04 Å². The number of hydrogen-bond donors (Lipinski definition) is 2. The Labute approximate surface area is 120 Å². The first kappa shape index (κ1) is 15.1. The van der Waals surface area contributed by atoms with Crippen LogP contribution in [0, 0.1) is 6.92 Å². The predicted molar refractivity (Wildman–Crippen MR) is 75.6 cm³/mol. The Morgan fingerprint density at radius 1 is 1.60 bits per heavy atom. The van der Waals surface area contributed by atoms with Crippen LogP contribution >= 0.6 is 11.8 Å². The maximum absolute atomic E-state index is 12.2. The zero-order valence-electron chi connectivity index (χ0n) is 11.0. The van der Waals surface area contributed by atoms with E-state index in [0.717, 1.165) is 17.2 Å². The molecule has 1 aliphatic heterocycles. The molecule has 1 heterocycles. The molecule has 1 unspecified atom stereocenters. The van der Waals surface area contributed by atoms with E-state index in [1.807, 2.05) is 0 Å². The Hall–Kier alpha value is -1.34. The highest BCUT2D eigenvalue weighted by Crippen LogP contribution is 2.23. The Bertz CT molecular complexity index is 479. The van der Waals surface area contributed by atoms with Gasteiger partial charge >= 0.3 is 0 Å². The summed E-state index contributed by atoms with van der Waals surface area (Å²) in [6, 6.07) is 4.81. The molecule has 1 aromatic carbocycles.